The van der Waals surface area contributed by atoms with Crippen LogP contribution in [0.1, 0.15) is 43.5 Å². The molecule has 2 aromatic rings. The average Bonchev–Trinajstić information content (AvgIpc) is 2.59. The molecule has 3 nitrogen and oxygen atoms in total. The third-order valence-electron chi connectivity index (χ3n) is 4.23. The molecule has 0 aliphatic heterocycles. The van der Waals surface area contributed by atoms with E-state index in [0.29, 0.717) is 10.8 Å². The van der Waals surface area contributed by atoms with Gasteiger partial charge in [-0.3, -0.25) is 4.79 Å². The van der Waals surface area contributed by atoms with Crippen LogP contribution in [0.4, 0.5) is 0 Å². The number of ether oxygens (including phenoxy) is 1. The summed E-state index contributed by atoms with van der Waals surface area (Å²) in [4.78, 5) is 12.3. The van der Waals surface area contributed by atoms with Crippen LogP contribution in [0, 0.1) is 12.8 Å². The van der Waals surface area contributed by atoms with Crippen LogP contribution in [0.15, 0.2) is 42.5 Å². The Bertz CT molecular complexity index is 710. The van der Waals surface area contributed by atoms with Crippen molar-refractivity contribution < 1.29 is 9.53 Å². The molecule has 0 spiro atoms. The van der Waals surface area contributed by atoms with E-state index in [2.05, 4.69) is 50.4 Å². The number of halogens is 1. The lowest BCUT2D eigenvalue weighted by Crippen LogP contribution is -2.35. The van der Waals surface area contributed by atoms with Gasteiger partial charge in [0.1, 0.15) is 5.75 Å². The topological polar surface area (TPSA) is 38.3 Å². The highest BCUT2D eigenvalue weighted by Gasteiger charge is 2.18. The van der Waals surface area contributed by atoms with Crippen LogP contribution >= 0.6 is 11.6 Å². The molecule has 0 saturated heterocycles. The molecule has 1 amide bonds. The Morgan fingerprint density at radius 2 is 1.84 bits per heavy atom. The van der Waals surface area contributed by atoms with Crippen molar-refractivity contribution in [3.63, 3.8) is 0 Å². The molecule has 1 atom stereocenters. The van der Waals surface area contributed by atoms with E-state index in [1.807, 2.05) is 13.0 Å². The van der Waals surface area contributed by atoms with Crippen molar-refractivity contribution >= 4 is 17.5 Å². The Hall–Kier alpha value is -2.00. The molecule has 2 rings (SSSR count). The van der Waals surface area contributed by atoms with Gasteiger partial charge in [-0.15, -0.1) is 0 Å². The summed E-state index contributed by atoms with van der Waals surface area (Å²) in [6, 6.07) is 13.7. The maximum Gasteiger partial charge on any atom is 0.258 e. The summed E-state index contributed by atoms with van der Waals surface area (Å²) >= 11 is 5.94. The van der Waals surface area contributed by atoms with Crippen molar-refractivity contribution in [2.45, 2.75) is 40.2 Å². The third kappa shape index (κ3) is 5.50. The van der Waals surface area contributed by atoms with Crippen LogP contribution in [-0.2, 0) is 11.2 Å². The second kappa shape index (κ2) is 8.91. The van der Waals surface area contributed by atoms with Crippen LogP contribution in [-0.4, -0.2) is 12.5 Å². The number of hydrogen-bond donors (Lipinski definition) is 1. The first kappa shape index (κ1) is 19.3. The van der Waals surface area contributed by atoms with Gasteiger partial charge in [-0.1, -0.05) is 56.6 Å². The molecule has 0 bridgehead atoms. The SMILES string of the molecule is CCc1ccc([C@@H](NC(=O)COc2ccc(Cl)cc2C)C(C)C)cc1. The lowest BCUT2D eigenvalue weighted by Gasteiger charge is -2.23. The van der Waals surface area contributed by atoms with E-state index in [-0.39, 0.29) is 24.5 Å². The molecular formula is C21H26ClNO2. The Morgan fingerprint density at radius 3 is 2.40 bits per heavy atom. The highest BCUT2D eigenvalue weighted by molar-refractivity contribution is 6.30. The van der Waals surface area contributed by atoms with E-state index in [0.717, 1.165) is 17.5 Å². The lowest BCUT2D eigenvalue weighted by atomic mass is 9.95. The van der Waals surface area contributed by atoms with E-state index < -0.39 is 0 Å². The van der Waals surface area contributed by atoms with Crippen molar-refractivity contribution in [2.75, 3.05) is 6.61 Å². The summed E-state index contributed by atoms with van der Waals surface area (Å²) in [6.07, 6.45) is 1.01. The van der Waals surface area contributed by atoms with E-state index in [9.17, 15) is 4.79 Å². The fourth-order valence-electron chi connectivity index (χ4n) is 2.73. The molecule has 0 saturated carbocycles. The summed E-state index contributed by atoms with van der Waals surface area (Å²) in [5, 5.41) is 3.74. The molecule has 4 heteroatoms. The first-order chi connectivity index (χ1) is 11.9. The number of benzene rings is 2. The lowest BCUT2D eigenvalue weighted by molar-refractivity contribution is -0.124. The first-order valence-corrected chi connectivity index (χ1v) is 9.05. The number of nitrogens with one attached hydrogen (secondary N) is 1. The Kier molecular flexibility index (Phi) is 6.89. The molecule has 2 aromatic carbocycles. The summed E-state index contributed by atoms with van der Waals surface area (Å²) < 4.78 is 5.64. The quantitative estimate of drug-likeness (QED) is 0.746. The van der Waals surface area contributed by atoms with Gasteiger partial charge >= 0.3 is 0 Å². The Balaban J connectivity index is 1.99. The zero-order valence-corrected chi connectivity index (χ0v) is 16.1. The van der Waals surface area contributed by atoms with E-state index in [1.54, 1.807) is 12.1 Å². The Labute approximate surface area is 155 Å². The fourth-order valence-corrected chi connectivity index (χ4v) is 2.96. The van der Waals surface area contributed by atoms with Crippen LogP contribution in [0.2, 0.25) is 5.02 Å². The van der Waals surface area contributed by atoms with Gasteiger partial charge in [0, 0.05) is 5.02 Å². The number of amides is 1. The van der Waals surface area contributed by atoms with E-state index in [1.165, 1.54) is 5.56 Å². The van der Waals surface area contributed by atoms with E-state index in [4.69, 9.17) is 16.3 Å². The Morgan fingerprint density at radius 1 is 1.16 bits per heavy atom. The van der Waals surface area contributed by atoms with Gasteiger partial charge in [-0.25, -0.2) is 0 Å². The van der Waals surface area contributed by atoms with Gasteiger partial charge < -0.3 is 10.1 Å². The molecule has 0 radical (unpaired) electrons. The first-order valence-electron chi connectivity index (χ1n) is 8.67. The highest BCUT2D eigenvalue weighted by atomic mass is 35.5. The van der Waals surface area contributed by atoms with Gasteiger partial charge in [-0.05, 0) is 54.2 Å². The second-order valence-electron chi connectivity index (χ2n) is 6.58. The summed E-state index contributed by atoms with van der Waals surface area (Å²) in [5.41, 5.74) is 3.32. The minimum absolute atomic E-state index is 0.0151. The van der Waals surface area contributed by atoms with E-state index >= 15 is 0 Å². The largest absolute Gasteiger partial charge is 0.484 e. The molecule has 0 unspecified atom stereocenters. The van der Waals surface area contributed by atoms with Gasteiger partial charge in [0.05, 0.1) is 6.04 Å². The minimum Gasteiger partial charge on any atom is -0.484 e. The summed E-state index contributed by atoms with van der Waals surface area (Å²) in [5.74, 6) is 0.828. The maximum absolute atomic E-state index is 12.3. The zero-order valence-electron chi connectivity index (χ0n) is 15.3. The van der Waals surface area contributed by atoms with Crippen molar-refractivity contribution in [2.24, 2.45) is 5.92 Å². The third-order valence-corrected chi connectivity index (χ3v) is 4.46. The average molecular weight is 360 g/mol. The molecule has 0 aliphatic carbocycles. The molecule has 134 valence electrons. The normalized spacial score (nSPS) is 12.1. The number of rotatable bonds is 7. The molecule has 0 aliphatic rings. The molecule has 25 heavy (non-hydrogen) atoms. The van der Waals surface area contributed by atoms with Crippen molar-refractivity contribution in [3.05, 3.63) is 64.2 Å². The summed E-state index contributed by atoms with van der Waals surface area (Å²) in [7, 11) is 0. The fraction of sp³-hybridized carbons (Fsp3) is 0.381. The van der Waals surface area contributed by atoms with Gasteiger partial charge in [0.25, 0.3) is 5.91 Å². The van der Waals surface area contributed by atoms with Crippen LogP contribution in [0.25, 0.3) is 0 Å². The van der Waals surface area contributed by atoms with Crippen molar-refractivity contribution in [3.8, 4) is 5.75 Å². The number of carbonyl (C=O) groups is 1. The van der Waals surface area contributed by atoms with Crippen molar-refractivity contribution in [1.82, 2.24) is 5.32 Å². The zero-order chi connectivity index (χ0) is 18.4. The predicted octanol–water partition coefficient (Wildman–Crippen LogP) is 5.10. The van der Waals surface area contributed by atoms with Gasteiger partial charge in [0.15, 0.2) is 6.61 Å². The molecule has 0 aromatic heterocycles. The maximum atomic E-state index is 12.3. The standard InChI is InChI=1S/C21H26ClNO2/c1-5-16-6-8-17(9-7-16)21(14(2)3)23-20(24)13-25-19-11-10-18(22)12-15(19)4/h6-12,14,21H,5,13H2,1-4H3,(H,23,24)/t21-/m0/s1. The van der Waals surface area contributed by atoms with Gasteiger partial charge in [-0.2, -0.15) is 0 Å². The second-order valence-corrected chi connectivity index (χ2v) is 7.02. The smallest absolute Gasteiger partial charge is 0.258 e. The van der Waals surface area contributed by atoms with Crippen LogP contribution in [0.5, 0.6) is 5.75 Å². The van der Waals surface area contributed by atoms with Gasteiger partial charge in [0.2, 0.25) is 0 Å². The van der Waals surface area contributed by atoms with Crippen LogP contribution < -0.4 is 10.1 Å². The monoisotopic (exact) mass is 359 g/mol. The predicted molar refractivity (Wildman–Crippen MR) is 103 cm³/mol. The van der Waals surface area contributed by atoms with Crippen molar-refractivity contribution in [1.29, 1.82) is 0 Å². The summed E-state index contributed by atoms with van der Waals surface area (Å²) in [6.45, 7) is 8.22. The molecule has 1 N–H and O–H groups in total. The molecular weight excluding hydrogens is 334 g/mol. The molecule has 0 heterocycles. The molecule has 0 fully saturated rings. The van der Waals surface area contributed by atoms with Crippen LogP contribution in [0.3, 0.4) is 0 Å². The number of carbonyl (C=O) groups excluding carboxylic acids is 1. The highest BCUT2D eigenvalue weighted by Crippen LogP contribution is 2.23. The number of hydrogen-bond acceptors (Lipinski definition) is 2. The number of aryl methyl sites for hydroxylation is 2. The minimum atomic E-state index is -0.132.